The number of fused-ring (bicyclic) bond motifs is 15. The quantitative estimate of drug-likeness (QED) is 0.0619. The Balaban J connectivity index is 0.000000104. The van der Waals surface area contributed by atoms with Crippen LogP contribution in [-0.2, 0) is 71.1 Å². The Morgan fingerprint density at radius 2 is 0.532 bits per heavy atom. The van der Waals surface area contributed by atoms with E-state index in [1.54, 1.807) is 31.6 Å². The van der Waals surface area contributed by atoms with E-state index in [4.69, 9.17) is 111 Å². The summed E-state index contributed by atoms with van der Waals surface area (Å²) in [5.74, 6) is -0.113. The van der Waals surface area contributed by atoms with Crippen LogP contribution in [0.2, 0.25) is 0 Å². The Hall–Kier alpha value is -9.05. The SMILES string of the molecule is CC1(C)OC2[C@H](O1)[C@H](n1cnc3c(N)ncnc31)O[C@@]21CC1CN.CC1(C)OC2[C@H](O1)[C@H](n1cnc3c(N)ncnc31)O[C@]21CC1CN.CC1(C)OC2[C@H](O1)[C@H](n1cnc3c(N)ncnc31)O[C@]21CC1CO.CCCNC[C@@H]1C[C@@]12O[C@@H](n1cnc3c(N)ncnc31)[C@H]1OC(C)(C)OC12.CCCNC[C@H]1C[C@]12O[C@@H](n1cnc3c(N)ncnc31)[C@H]1OC(C)(C)OC12.[HH].[HH]. The molecule has 10 aromatic heterocycles. The van der Waals surface area contributed by atoms with E-state index in [9.17, 15) is 5.11 Å². The molecule has 25 atom stereocenters. The van der Waals surface area contributed by atoms with E-state index in [1.165, 1.54) is 31.6 Å². The van der Waals surface area contributed by atoms with Crippen molar-refractivity contribution in [3.63, 3.8) is 0 Å². The summed E-state index contributed by atoms with van der Waals surface area (Å²) in [4.78, 5) is 63.3. The van der Waals surface area contributed by atoms with Crippen molar-refractivity contribution in [2.45, 2.75) is 277 Å². The molecule has 0 amide bonds. The van der Waals surface area contributed by atoms with Gasteiger partial charge in [-0.05, 0) is 140 Å². The van der Waals surface area contributed by atoms with Gasteiger partial charge in [0.05, 0.1) is 31.6 Å². The van der Waals surface area contributed by atoms with Crippen molar-refractivity contribution in [1.82, 2.24) is 108 Å². The molecule has 15 fully saturated rings. The van der Waals surface area contributed by atoms with E-state index < -0.39 is 40.8 Å². The number of aromatic nitrogens is 20. The van der Waals surface area contributed by atoms with Gasteiger partial charge in [0.25, 0.3) is 0 Å². The van der Waals surface area contributed by atoms with Gasteiger partial charge in [-0.15, -0.1) is 0 Å². The molecule has 5 saturated carbocycles. The van der Waals surface area contributed by atoms with Gasteiger partial charge in [-0.1, -0.05) is 13.8 Å². The normalized spacial score (nSPS) is 38.3. The van der Waals surface area contributed by atoms with Crippen molar-refractivity contribution in [2.24, 2.45) is 41.1 Å². The second-order valence-corrected chi connectivity index (χ2v) is 37.9. The van der Waals surface area contributed by atoms with E-state index in [2.05, 4.69) is 99.2 Å². The molecular weight excluding hydrogens is 1640 g/mol. The minimum absolute atomic E-state index is 0. The van der Waals surface area contributed by atoms with E-state index in [1.807, 2.05) is 92.1 Å². The molecule has 8 unspecified atom stereocenters. The number of aliphatic hydroxyl groups is 1. The van der Waals surface area contributed by atoms with Crippen molar-refractivity contribution in [1.29, 1.82) is 0 Å². The van der Waals surface area contributed by atoms with Crippen molar-refractivity contribution >= 4 is 84.9 Å². The first-order chi connectivity index (χ1) is 60.3. The van der Waals surface area contributed by atoms with E-state index in [-0.39, 0.29) is 136 Å². The first-order valence-corrected chi connectivity index (χ1v) is 43.5. The number of anilines is 5. The minimum Gasteiger partial charge on any atom is -0.396 e. The molecule has 17 N–H and O–H groups in total. The maximum absolute atomic E-state index is 9.57. The number of hydrogen-bond acceptors (Lipinski definition) is 40. The van der Waals surface area contributed by atoms with Crippen molar-refractivity contribution in [3.8, 4) is 0 Å². The summed E-state index contributed by atoms with van der Waals surface area (Å²) < 4.78 is 104. The zero-order valence-corrected chi connectivity index (χ0v) is 72.3. The summed E-state index contributed by atoms with van der Waals surface area (Å²) in [5.41, 5.74) is 45.3. The van der Waals surface area contributed by atoms with Crippen LogP contribution in [0.1, 0.15) is 162 Å². The number of imidazole rings is 5. The average molecular weight is 1750 g/mol. The Morgan fingerprint density at radius 3 is 0.738 bits per heavy atom. The Bertz CT molecular complexity index is 5360. The molecule has 126 heavy (non-hydrogen) atoms. The fourth-order valence-corrected chi connectivity index (χ4v) is 21.3. The van der Waals surface area contributed by atoms with Gasteiger partial charge in [0.15, 0.2) is 117 Å². The fraction of sp³-hybridized carbons (Fsp3) is 0.691. The third kappa shape index (κ3) is 13.5. The van der Waals surface area contributed by atoms with Crippen LogP contribution in [0.3, 0.4) is 0 Å². The highest BCUT2D eigenvalue weighted by Gasteiger charge is 2.78. The van der Waals surface area contributed by atoms with Gasteiger partial charge in [-0.25, -0.2) is 74.8 Å². The highest BCUT2D eigenvalue weighted by molar-refractivity contribution is 5.84. The number of ether oxygens (including phenoxy) is 15. The largest absolute Gasteiger partial charge is 0.396 e. The molecule has 0 aromatic carbocycles. The second-order valence-electron chi connectivity index (χ2n) is 37.9. The van der Waals surface area contributed by atoms with E-state index in [0.717, 1.165) is 71.1 Å². The molecule has 45 heteroatoms. The smallest absolute Gasteiger partial charge is 0.167 e. The van der Waals surface area contributed by atoms with Crippen LogP contribution >= 0.6 is 0 Å². The summed E-state index contributed by atoms with van der Waals surface area (Å²) >= 11 is 0. The van der Waals surface area contributed by atoms with E-state index in [0.29, 0.717) is 110 Å². The summed E-state index contributed by atoms with van der Waals surface area (Å²) in [6.45, 7) is 28.7. The summed E-state index contributed by atoms with van der Waals surface area (Å²) in [5, 5.41) is 16.6. The number of nitrogen functional groups attached to an aromatic ring is 5. The Morgan fingerprint density at radius 1 is 0.317 bits per heavy atom. The number of nitrogens with zero attached hydrogens (tertiary/aromatic N) is 20. The number of aliphatic hydroxyl groups excluding tert-OH is 1. The van der Waals surface area contributed by atoms with Gasteiger partial charge in [0, 0.05) is 52.1 Å². The molecule has 10 aliphatic heterocycles. The molecule has 0 bridgehead atoms. The lowest BCUT2D eigenvalue weighted by atomic mass is 10.1. The number of rotatable bonds is 16. The Labute approximate surface area is 725 Å². The molecule has 10 saturated heterocycles. The maximum Gasteiger partial charge on any atom is 0.167 e. The van der Waals surface area contributed by atoms with Crippen LogP contribution < -0.4 is 50.8 Å². The summed E-state index contributed by atoms with van der Waals surface area (Å²) in [6, 6.07) is 0. The fourth-order valence-electron chi connectivity index (χ4n) is 21.3. The summed E-state index contributed by atoms with van der Waals surface area (Å²) in [7, 11) is 0. The van der Waals surface area contributed by atoms with Crippen LogP contribution in [0, 0.1) is 29.6 Å². The molecule has 45 nitrogen and oxygen atoms in total. The first kappa shape index (κ1) is 83.8. The third-order valence-corrected chi connectivity index (χ3v) is 27.4. The van der Waals surface area contributed by atoms with Gasteiger partial charge in [0.1, 0.15) is 148 Å². The molecule has 15 aliphatic rings. The molecule has 0 radical (unpaired) electrons. The lowest BCUT2D eigenvalue weighted by Crippen LogP contribution is -2.35. The molecule has 20 heterocycles. The summed E-state index contributed by atoms with van der Waals surface area (Å²) in [6.07, 6.45) is 18.3. The molecule has 680 valence electrons. The van der Waals surface area contributed by atoms with Gasteiger partial charge in [-0.3, -0.25) is 22.8 Å². The monoisotopic (exact) mass is 1750 g/mol. The van der Waals surface area contributed by atoms with Gasteiger partial charge < -0.3 is 127 Å². The van der Waals surface area contributed by atoms with Crippen LogP contribution in [0.25, 0.3) is 55.8 Å². The topological polar surface area (TPSA) is 583 Å². The van der Waals surface area contributed by atoms with Crippen molar-refractivity contribution < 1.29 is 79.0 Å². The van der Waals surface area contributed by atoms with E-state index >= 15 is 0 Å². The van der Waals surface area contributed by atoms with Crippen LogP contribution in [0.4, 0.5) is 29.1 Å². The number of nitrogens with one attached hydrogen (secondary N) is 2. The predicted octanol–water partition coefficient (Wildman–Crippen LogP) is 3.48. The van der Waals surface area contributed by atoms with Gasteiger partial charge >= 0.3 is 0 Å². The van der Waals surface area contributed by atoms with Gasteiger partial charge in [0.2, 0.25) is 0 Å². The van der Waals surface area contributed by atoms with Crippen LogP contribution in [0.5, 0.6) is 0 Å². The van der Waals surface area contributed by atoms with Crippen molar-refractivity contribution in [2.75, 3.05) is 74.5 Å². The third-order valence-electron chi connectivity index (χ3n) is 27.4. The molecule has 5 spiro atoms. The second kappa shape index (κ2) is 29.7. The lowest BCUT2D eigenvalue weighted by molar-refractivity contribution is -0.204. The molecule has 25 rings (SSSR count). The lowest BCUT2D eigenvalue weighted by Gasteiger charge is -2.25. The first-order valence-electron chi connectivity index (χ1n) is 43.5. The number of hydrogen-bond donors (Lipinski definition) is 10. The highest BCUT2D eigenvalue weighted by atomic mass is 16.8. The van der Waals surface area contributed by atoms with Crippen LogP contribution in [-0.4, -0.2) is 267 Å². The predicted molar refractivity (Wildman–Crippen MR) is 448 cm³/mol. The molecule has 5 aliphatic carbocycles. The maximum atomic E-state index is 9.57. The molecule has 10 aromatic rings. The zero-order chi connectivity index (χ0) is 87.7. The highest BCUT2D eigenvalue weighted by Crippen LogP contribution is 2.68. The number of nitrogens with two attached hydrogens (primary N) is 7. The Kier molecular flexibility index (Phi) is 19.8. The average Bonchev–Trinajstić information content (AvgIpc) is 1.49. The van der Waals surface area contributed by atoms with Crippen LogP contribution in [0.15, 0.2) is 63.3 Å². The van der Waals surface area contributed by atoms with Crippen molar-refractivity contribution in [3.05, 3.63) is 63.3 Å². The molecular formula is C81H115N29O16. The standard InChI is InChI=1S/2C18H26N6O3.2C15H20N6O3.C15H19N5O4.2H2/c2*1-4-5-20-7-10-6-18(10)13-12(25-17(2,3)26-13)16(27-18)24-9-23-11-14(19)21-8-22-15(11)24;2*1-14(2)22-9-10(23-14)15(3-7(15)4-16)24-13(9)21-6-20-8-11(17)18-5-19-12(8)21;1-14(2)22-9-10(23-14)15(3-7(15)4-21)24-13(9)20-6-19-8-11(16)17-5-18-12(8)20;;/h2*8-10,12-13,16,20H,4-7H2,1-3H3,(H2,19,21,22);2*5-7,9-10,13H,3-4,16H2,1-2H3,(H2,17,18,19);5-7,9-10,13,21H,3-4H2,1-2H3,(H2,16,17,18);2*1H/t10-,12+,13?,16-,18+;10-,12-,13?,16+,18+;7?,9-,10?,13+,15+;2*7?,9-,10?,13+,15-;;/m10000../s1. The van der Waals surface area contributed by atoms with Gasteiger partial charge in [-0.2, -0.15) is 0 Å². The minimum atomic E-state index is -0.697. The zero-order valence-electron chi connectivity index (χ0n) is 72.3.